The predicted octanol–water partition coefficient (Wildman–Crippen LogP) is 3.62. The maximum atomic E-state index is 5.87. The molecule has 0 bridgehead atoms. The Hall–Kier alpha value is -1.52. The van der Waals surface area contributed by atoms with Gasteiger partial charge < -0.3 is 10.1 Å². The van der Waals surface area contributed by atoms with Crippen LogP contribution in [-0.4, -0.2) is 17.0 Å². The molecule has 0 radical (unpaired) electrons. The molecule has 0 fully saturated rings. The van der Waals surface area contributed by atoms with Crippen LogP contribution in [0.5, 0.6) is 11.6 Å². The fourth-order valence-electron chi connectivity index (χ4n) is 1.24. The third-order valence-corrected chi connectivity index (χ3v) is 2.39. The highest BCUT2D eigenvalue weighted by atomic mass is 35.5. The molecule has 0 aliphatic heterocycles. The summed E-state index contributed by atoms with van der Waals surface area (Å²) in [6.45, 7) is 0. The van der Waals surface area contributed by atoms with Crippen molar-refractivity contribution in [2.45, 2.75) is 0 Å². The van der Waals surface area contributed by atoms with Gasteiger partial charge in [-0.25, -0.2) is 9.97 Å². The lowest BCUT2D eigenvalue weighted by molar-refractivity contribution is 0.462. The van der Waals surface area contributed by atoms with E-state index in [4.69, 9.17) is 27.9 Å². The quantitative estimate of drug-likeness (QED) is 0.925. The Balaban J connectivity index is 2.24. The molecule has 0 spiro atoms. The first-order valence-corrected chi connectivity index (χ1v) is 5.57. The average molecular weight is 270 g/mol. The molecule has 0 aliphatic rings. The van der Waals surface area contributed by atoms with E-state index >= 15 is 0 Å². The van der Waals surface area contributed by atoms with Crippen molar-refractivity contribution in [1.29, 1.82) is 0 Å². The summed E-state index contributed by atoms with van der Waals surface area (Å²) in [6, 6.07) is 6.63. The number of hydrogen-bond donors (Lipinski definition) is 1. The molecule has 4 nitrogen and oxygen atoms in total. The van der Waals surface area contributed by atoms with Crippen molar-refractivity contribution in [3.05, 3.63) is 40.6 Å². The molecule has 1 N–H and O–H groups in total. The van der Waals surface area contributed by atoms with E-state index in [0.29, 0.717) is 27.5 Å². The molecule has 6 heteroatoms. The highest BCUT2D eigenvalue weighted by molar-refractivity contribution is 6.34. The summed E-state index contributed by atoms with van der Waals surface area (Å²) in [6.07, 6.45) is 1.41. The first-order chi connectivity index (χ1) is 8.17. The molecule has 2 aromatic rings. The Morgan fingerprint density at radius 1 is 1.06 bits per heavy atom. The Morgan fingerprint density at radius 3 is 2.41 bits per heavy atom. The molecule has 88 valence electrons. The molecule has 0 saturated heterocycles. The number of nitrogens with one attached hydrogen (secondary N) is 1. The number of ether oxygens (including phenoxy) is 1. The Kier molecular flexibility index (Phi) is 3.66. The lowest BCUT2D eigenvalue weighted by Crippen LogP contribution is -1.94. The minimum Gasteiger partial charge on any atom is -0.439 e. The van der Waals surface area contributed by atoms with Crippen LogP contribution < -0.4 is 10.1 Å². The molecule has 0 saturated carbocycles. The van der Waals surface area contributed by atoms with Crippen molar-refractivity contribution in [3.8, 4) is 11.6 Å². The third kappa shape index (κ3) is 3.22. The summed E-state index contributed by atoms with van der Waals surface area (Å²) >= 11 is 11.7. The fraction of sp³-hybridized carbons (Fsp3) is 0.0909. The molecule has 0 amide bonds. The lowest BCUT2D eigenvalue weighted by Gasteiger charge is -2.06. The van der Waals surface area contributed by atoms with Crippen molar-refractivity contribution in [3.63, 3.8) is 0 Å². The van der Waals surface area contributed by atoms with Gasteiger partial charge in [-0.05, 0) is 18.2 Å². The summed E-state index contributed by atoms with van der Waals surface area (Å²) in [7, 11) is 1.77. The van der Waals surface area contributed by atoms with Gasteiger partial charge in [0.15, 0.2) is 0 Å². The minimum absolute atomic E-state index is 0.419. The van der Waals surface area contributed by atoms with Gasteiger partial charge in [0.1, 0.15) is 17.9 Å². The first kappa shape index (κ1) is 12.0. The van der Waals surface area contributed by atoms with Crippen LogP contribution in [0.15, 0.2) is 30.6 Å². The molecule has 0 atom stereocenters. The Bertz CT molecular complexity index is 514. The van der Waals surface area contributed by atoms with Gasteiger partial charge in [-0.2, -0.15) is 0 Å². The third-order valence-electron chi connectivity index (χ3n) is 1.96. The average Bonchev–Trinajstić information content (AvgIpc) is 2.28. The van der Waals surface area contributed by atoms with Crippen molar-refractivity contribution in [2.75, 3.05) is 12.4 Å². The summed E-state index contributed by atoms with van der Waals surface area (Å²) < 4.78 is 5.52. The van der Waals surface area contributed by atoms with Gasteiger partial charge in [-0.1, -0.05) is 23.2 Å². The van der Waals surface area contributed by atoms with Crippen molar-refractivity contribution < 1.29 is 4.74 Å². The van der Waals surface area contributed by atoms with Gasteiger partial charge in [0.25, 0.3) is 0 Å². The van der Waals surface area contributed by atoms with Crippen molar-refractivity contribution in [2.24, 2.45) is 0 Å². The topological polar surface area (TPSA) is 47.0 Å². The molecular formula is C11H9Cl2N3O. The van der Waals surface area contributed by atoms with Crippen molar-refractivity contribution in [1.82, 2.24) is 9.97 Å². The number of nitrogens with zero attached hydrogens (tertiary/aromatic N) is 2. The van der Waals surface area contributed by atoms with Crippen LogP contribution in [0.25, 0.3) is 0 Å². The monoisotopic (exact) mass is 269 g/mol. The number of aromatic nitrogens is 2. The Morgan fingerprint density at radius 2 is 1.76 bits per heavy atom. The smallest absolute Gasteiger partial charge is 0.224 e. The molecule has 0 aliphatic carbocycles. The van der Waals surface area contributed by atoms with Crippen LogP contribution in [0.1, 0.15) is 0 Å². The molecular weight excluding hydrogens is 261 g/mol. The van der Waals surface area contributed by atoms with Gasteiger partial charge in [0.2, 0.25) is 5.88 Å². The number of benzene rings is 1. The van der Waals surface area contributed by atoms with Crippen LogP contribution in [0.2, 0.25) is 10.0 Å². The Labute approximate surface area is 109 Å². The fourth-order valence-corrected chi connectivity index (χ4v) is 1.75. The normalized spacial score (nSPS) is 10.1. The number of anilines is 1. The standard InChI is InChI=1S/C11H9Cl2N3O/c1-14-10-5-11(16-6-15-10)17-9-3-7(12)2-8(13)4-9/h2-6H,1H3,(H,14,15,16). The minimum atomic E-state index is 0.419. The summed E-state index contributed by atoms with van der Waals surface area (Å²) in [5.74, 6) is 1.62. The maximum absolute atomic E-state index is 5.87. The molecule has 2 rings (SSSR count). The van der Waals surface area contributed by atoms with E-state index in [9.17, 15) is 0 Å². The van der Waals surface area contributed by atoms with Crippen LogP contribution in [0.3, 0.4) is 0 Å². The summed E-state index contributed by atoms with van der Waals surface area (Å²) in [5, 5.41) is 3.91. The molecule has 0 unspecified atom stereocenters. The van der Waals surface area contributed by atoms with E-state index in [-0.39, 0.29) is 0 Å². The second kappa shape index (κ2) is 5.21. The summed E-state index contributed by atoms with van der Waals surface area (Å²) in [4.78, 5) is 7.96. The van der Waals surface area contributed by atoms with Crippen LogP contribution in [-0.2, 0) is 0 Å². The SMILES string of the molecule is CNc1cc(Oc2cc(Cl)cc(Cl)c2)ncn1. The zero-order valence-corrected chi connectivity index (χ0v) is 10.5. The van der Waals surface area contributed by atoms with E-state index in [0.717, 1.165) is 0 Å². The number of rotatable bonds is 3. The van der Waals surface area contributed by atoms with Gasteiger partial charge in [-0.3, -0.25) is 0 Å². The van der Waals surface area contributed by atoms with E-state index in [2.05, 4.69) is 15.3 Å². The van der Waals surface area contributed by atoms with Gasteiger partial charge in [-0.15, -0.1) is 0 Å². The van der Waals surface area contributed by atoms with Crippen LogP contribution in [0.4, 0.5) is 5.82 Å². The zero-order valence-electron chi connectivity index (χ0n) is 8.95. The van der Waals surface area contributed by atoms with E-state index in [1.165, 1.54) is 6.33 Å². The largest absolute Gasteiger partial charge is 0.439 e. The molecule has 1 aromatic carbocycles. The lowest BCUT2D eigenvalue weighted by atomic mass is 10.3. The molecule has 1 aromatic heterocycles. The highest BCUT2D eigenvalue weighted by Crippen LogP contribution is 2.27. The van der Waals surface area contributed by atoms with Gasteiger partial charge >= 0.3 is 0 Å². The van der Waals surface area contributed by atoms with Gasteiger partial charge in [0.05, 0.1) is 0 Å². The molecule has 17 heavy (non-hydrogen) atoms. The highest BCUT2D eigenvalue weighted by Gasteiger charge is 2.03. The van der Waals surface area contributed by atoms with Gasteiger partial charge in [0, 0.05) is 23.2 Å². The molecule has 1 heterocycles. The van der Waals surface area contributed by atoms with Crippen LogP contribution >= 0.6 is 23.2 Å². The predicted molar refractivity (Wildman–Crippen MR) is 68.1 cm³/mol. The first-order valence-electron chi connectivity index (χ1n) is 4.81. The second-order valence-corrected chi connectivity index (χ2v) is 4.07. The zero-order chi connectivity index (χ0) is 12.3. The number of halogens is 2. The summed E-state index contributed by atoms with van der Waals surface area (Å²) in [5.41, 5.74) is 0. The van der Waals surface area contributed by atoms with E-state index in [1.54, 1.807) is 31.3 Å². The second-order valence-electron chi connectivity index (χ2n) is 3.20. The van der Waals surface area contributed by atoms with E-state index in [1.807, 2.05) is 0 Å². The van der Waals surface area contributed by atoms with Crippen molar-refractivity contribution >= 4 is 29.0 Å². The van der Waals surface area contributed by atoms with Crippen LogP contribution in [0, 0.1) is 0 Å². The maximum Gasteiger partial charge on any atom is 0.224 e. The van der Waals surface area contributed by atoms with E-state index < -0.39 is 0 Å². The number of hydrogen-bond acceptors (Lipinski definition) is 4.